The van der Waals surface area contributed by atoms with Crippen molar-refractivity contribution >= 4 is 46.1 Å². The fourth-order valence-electron chi connectivity index (χ4n) is 4.00. The van der Waals surface area contributed by atoms with E-state index in [9.17, 15) is 9.59 Å². The van der Waals surface area contributed by atoms with Crippen LogP contribution >= 0.6 is 34.5 Å². The van der Waals surface area contributed by atoms with E-state index in [1.807, 2.05) is 6.92 Å². The first-order valence-electron chi connectivity index (χ1n) is 8.52. The van der Waals surface area contributed by atoms with Crippen LogP contribution < -0.4 is 0 Å². The van der Waals surface area contributed by atoms with Crippen LogP contribution in [0, 0.1) is 11.8 Å². The van der Waals surface area contributed by atoms with Crippen molar-refractivity contribution in [2.45, 2.75) is 38.5 Å². The molecule has 2 bridgehead atoms. The smallest absolute Gasteiger partial charge is 0.152 e. The maximum Gasteiger partial charge on any atom is 0.152 e. The lowest BCUT2D eigenvalue weighted by Gasteiger charge is -2.24. The minimum absolute atomic E-state index is 0.0253. The first-order valence-corrected chi connectivity index (χ1v) is 10.1. The summed E-state index contributed by atoms with van der Waals surface area (Å²) >= 11 is 13.9. The Morgan fingerprint density at radius 2 is 1.84 bits per heavy atom. The number of rotatable bonds is 3. The summed E-state index contributed by atoms with van der Waals surface area (Å²) in [6.45, 7) is 2.02. The third-order valence-electron chi connectivity index (χ3n) is 5.29. The molecule has 2 aliphatic rings. The van der Waals surface area contributed by atoms with Gasteiger partial charge in [-0.2, -0.15) is 0 Å². The maximum atomic E-state index is 12.8. The quantitative estimate of drug-likeness (QED) is 0.661. The fourth-order valence-corrected chi connectivity index (χ4v) is 5.50. The molecule has 2 saturated carbocycles. The summed E-state index contributed by atoms with van der Waals surface area (Å²) in [6.07, 6.45) is 3.14. The molecule has 1 unspecified atom stereocenters. The van der Waals surface area contributed by atoms with Gasteiger partial charge in [0, 0.05) is 27.3 Å². The molecular weight excluding hydrogens is 377 g/mol. The highest BCUT2D eigenvalue weighted by Gasteiger charge is 2.48. The second-order valence-electron chi connectivity index (χ2n) is 6.75. The largest absolute Gasteiger partial charge is 0.298 e. The monoisotopic (exact) mass is 393 g/mol. The molecule has 6 heteroatoms. The Balaban J connectivity index is 1.80. The molecule has 0 spiro atoms. The van der Waals surface area contributed by atoms with E-state index in [1.54, 1.807) is 18.2 Å². The van der Waals surface area contributed by atoms with Gasteiger partial charge in [0.25, 0.3) is 0 Å². The predicted molar refractivity (Wildman–Crippen MR) is 101 cm³/mol. The average Bonchev–Trinajstić information content (AvgIpc) is 3.21. The van der Waals surface area contributed by atoms with E-state index in [0.29, 0.717) is 15.7 Å². The Labute approximate surface area is 160 Å². The lowest BCUT2D eigenvalue weighted by Crippen LogP contribution is -2.35. The second kappa shape index (κ2) is 6.49. The highest BCUT2D eigenvalue weighted by molar-refractivity contribution is 7.15. The molecule has 1 heterocycles. The van der Waals surface area contributed by atoms with Crippen LogP contribution in [0.25, 0.3) is 10.6 Å². The highest BCUT2D eigenvalue weighted by Crippen LogP contribution is 2.46. The number of nitrogens with zero attached hydrogens (tertiary/aromatic N) is 1. The van der Waals surface area contributed by atoms with Gasteiger partial charge < -0.3 is 0 Å². The van der Waals surface area contributed by atoms with Gasteiger partial charge in [-0.25, -0.2) is 4.98 Å². The van der Waals surface area contributed by atoms with Crippen molar-refractivity contribution in [3.8, 4) is 10.6 Å². The van der Waals surface area contributed by atoms with Crippen molar-refractivity contribution in [2.24, 2.45) is 11.8 Å². The molecule has 2 aromatic rings. The minimum Gasteiger partial charge on any atom is -0.298 e. The van der Waals surface area contributed by atoms with Gasteiger partial charge in [0.1, 0.15) is 10.9 Å². The van der Waals surface area contributed by atoms with E-state index >= 15 is 0 Å². The molecule has 2 aliphatic carbocycles. The molecule has 1 aromatic carbocycles. The van der Waals surface area contributed by atoms with Crippen LogP contribution in [0.15, 0.2) is 18.2 Å². The highest BCUT2D eigenvalue weighted by atomic mass is 35.5. The number of Topliss-reactive ketones (excluding diaryl/α,β-unsaturated/α-hetero) is 2. The van der Waals surface area contributed by atoms with E-state index in [4.69, 9.17) is 28.2 Å². The topological polar surface area (TPSA) is 47.0 Å². The molecule has 2 fully saturated rings. The number of carbonyl (C=O) groups excluding carboxylic acids is 2. The average molecular weight is 394 g/mol. The van der Waals surface area contributed by atoms with E-state index in [0.717, 1.165) is 41.1 Å². The number of hydrogen-bond acceptors (Lipinski definition) is 4. The van der Waals surface area contributed by atoms with E-state index in [-0.39, 0.29) is 23.4 Å². The van der Waals surface area contributed by atoms with Crippen molar-refractivity contribution in [1.82, 2.24) is 4.98 Å². The first kappa shape index (κ1) is 17.2. The van der Waals surface area contributed by atoms with Gasteiger partial charge in [-0.1, -0.05) is 30.1 Å². The number of aryl methyl sites for hydroxylation is 1. The maximum absolute atomic E-state index is 12.8. The number of aromatic nitrogens is 1. The van der Waals surface area contributed by atoms with Crippen LogP contribution in [-0.2, 0) is 16.0 Å². The van der Waals surface area contributed by atoms with E-state index in [2.05, 4.69) is 0 Å². The molecule has 4 rings (SSSR count). The lowest BCUT2D eigenvalue weighted by atomic mass is 9.77. The fraction of sp³-hybridized carbons (Fsp3) is 0.421. The number of carbonyl (C=O) groups is 2. The summed E-state index contributed by atoms with van der Waals surface area (Å²) in [5, 5.41) is 1.86. The van der Waals surface area contributed by atoms with Gasteiger partial charge in [0.2, 0.25) is 0 Å². The third kappa shape index (κ3) is 2.84. The van der Waals surface area contributed by atoms with Crippen LogP contribution in [0.3, 0.4) is 0 Å². The van der Waals surface area contributed by atoms with Crippen molar-refractivity contribution in [3.05, 3.63) is 38.8 Å². The van der Waals surface area contributed by atoms with Gasteiger partial charge in [-0.05, 0) is 43.9 Å². The molecule has 0 saturated heterocycles. The molecule has 0 amide bonds. The number of benzene rings is 1. The number of ketones is 2. The van der Waals surface area contributed by atoms with Crippen LogP contribution in [-0.4, -0.2) is 16.6 Å². The van der Waals surface area contributed by atoms with Gasteiger partial charge >= 0.3 is 0 Å². The zero-order valence-corrected chi connectivity index (χ0v) is 16.0. The van der Waals surface area contributed by atoms with Crippen LogP contribution in [0.5, 0.6) is 0 Å². The third-order valence-corrected chi connectivity index (χ3v) is 7.10. The standard InChI is InChI=1S/C19H17Cl2NO2S/c1-2-14-16(15-17(23)9-3-4-10(7-9)18(15)24)22-19(25-14)12-8-11(20)5-6-13(12)21/h5-6,8-10,15H,2-4,7H2,1H3/t9-,10+,15?. The van der Waals surface area contributed by atoms with Gasteiger partial charge in [-0.15, -0.1) is 11.3 Å². The summed E-state index contributed by atoms with van der Waals surface area (Å²) in [6, 6.07) is 5.25. The molecule has 25 heavy (non-hydrogen) atoms. The summed E-state index contributed by atoms with van der Waals surface area (Å²) in [7, 11) is 0. The molecule has 1 aromatic heterocycles. The van der Waals surface area contributed by atoms with Crippen molar-refractivity contribution in [3.63, 3.8) is 0 Å². The molecule has 0 N–H and O–H groups in total. The molecular formula is C19H17Cl2NO2S. The zero-order chi connectivity index (χ0) is 17.7. The molecule has 3 nitrogen and oxygen atoms in total. The Bertz CT molecular complexity index is 854. The Morgan fingerprint density at radius 1 is 1.16 bits per heavy atom. The summed E-state index contributed by atoms with van der Waals surface area (Å²) in [5.74, 6) is -0.524. The van der Waals surface area contributed by atoms with Gasteiger partial charge in [0.15, 0.2) is 11.6 Å². The SMILES string of the molecule is CCc1sc(-c2cc(Cl)ccc2Cl)nc1C1C(=O)[C@@H]2CC[C@@H](C2)C1=O. The lowest BCUT2D eigenvalue weighted by molar-refractivity contribution is -0.136. The Hall–Kier alpha value is -1.23. The van der Waals surface area contributed by atoms with Crippen LogP contribution in [0.2, 0.25) is 10.0 Å². The molecule has 130 valence electrons. The van der Waals surface area contributed by atoms with Crippen molar-refractivity contribution in [1.29, 1.82) is 0 Å². The van der Waals surface area contributed by atoms with Crippen LogP contribution in [0.1, 0.15) is 42.7 Å². The second-order valence-corrected chi connectivity index (χ2v) is 8.68. The Kier molecular flexibility index (Phi) is 4.47. The number of fused-ring (bicyclic) bond motifs is 2. The predicted octanol–water partition coefficient (Wildman–Crippen LogP) is 5.33. The van der Waals surface area contributed by atoms with Crippen LogP contribution in [0.4, 0.5) is 0 Å². The molecule has 0 aliphatic heterocycles. The Morgan fingerprint density at radius 3 is 2.48 bits per heavy atom. The van der Waals surface area contributed by atoms with E-state index < -0.39 is 5.92 Å². The van der Waals surface area contributed by atoms with Crippen molar-refractivity contribution in [2.75, 3.05) is 0 Å². The molecule has 3 atom stereocenters. The van der Waals surface area contributed by atoms with Crippen molar-refractivity contribution < 1.29 is 9.59 Å². The summed E-state index contributed by atoms with van der Waals surface area (Å²) < 4.78 is 0. The van der Waals surface area contributed by atoms with Gasteiger partial charge in [-0.3, -0.25) is 9.59 Å². The van der Waals surface area contributed by atoms with E-state index in [1.165, 1.54) is 11.3 Å². The first-order chi connectivity index (χ1) is 12.0. The summed E-state index contributed by atoms with van der Waals surface area (Å²) in [4.78, 5) is 31.3. The molecule has 0 radical (unpaired) electrons. The zero-order valence-electron chi connectivity index (χ0n) is 13.7. The van der Waals surface area contributed by atoms with Gasteiger partial charge in [0.05, 0.1) is 10.7 Å². The number of thiazole rings is 1. The normalized spacial score (nSPS) is 25.6. The number of halogens is 2. The number of hydrogen-bond donors (Lipinski definition) is 0. The minimum atomic E-state index is -0.691. The summed E-state index contributed by atoms with van der Waals surface area (Å²) in [5.41, 5.74) is 1.39.